The van der Waals surface area contributed by atoms with E-state index in [0.29, 0.717) is 18.0 Å². The number of hydrogen-bond donors (Lipinski definition) is 2. The number of halogens is 1. The highest BCUT2D eigenvalue weighted by molar-refractivity contribution is 14.0. The second-order valence-corrected chi connectivity index (χ2v) is 6.56. The molecule has 1 aromatic carbocycles. The Hall–Kier alpha value is -2.10. The van der Waals surface area contributed by atoms with Crippen LogP contribution in [0.15, 0.2) is 41.7 Å². The maximum Gasteiger partial charge on any atom is 0.251 e. The van der Waals surface area contributed by atoms with Crippen LogP contribution < -0.4 is 10.6 Å². The molecule has 1 aliphatic heterocycles. The van der Waals surface area contributed by atoms with Crippen molar-refractivity contribution in [3.05, 3.63) is 53.3 Å². The van der Waals surface area contributed by atoms with Crippen molar-refractivity contribution >= 4 is 35.8 Å². The molecular weight excluding hydrogens is 455 g/mol. The average Bonchev–Trinajstić information content (AvgIpc) is 3.31. The van der Waals surface area contributed by atoms with E-state index in [1.807, 2.05) is 42.2 Å². The molecule has 8 heteroatoms. The van der Waals surface area contributed by atoms with Crippen LogP contribution in [0.3, 0.4) is 0 Å². The second-order valence-electron chi connectivity index (χ2n) is 6.56. The van der Waals surface area contributed by atoms with Crippen LogP contribution in [-0.2, 0) is 13.6 Å². The predicted octanol–water partition coefficient (Wildman–Crippen LogP) is 1.96. The molecule has 0 spiro atoms. The Balaban J connectivity index is 0.00000261. The lowest BCUT2D eigenvalue weighted by atomic mass is 10.0. The molecule has 1 unspecified atom stereocenters. The lowest BCUT2D eigenvalue weighted by Gasteiger charge is -2.21. The fourth-order valence-electron chi connectivity index (χ4n) is 3.36. The van der Waals surface area contributed by atoms with Crippen molar-refractivity contribution in [3.8, 4) is 0 Å². The number of amides is 1. The zero-order valence-electron chi connectivity index (χ0n) is 16.0. The molecule has 7 nitrogen and oxygen atoms in total. The number of carbonyl (C=O) groups excluding carboxylic acids is 1. The Bertz CT molecular complexity index is 803. The number of rotatable bonds is 4. The van der Waals surface area contributed by atoms with Gasteiger partial charge >= 0.3 is 0 Å². The summed E-state index contributed by atoms with van der Waals surface area (Å²) < 4.78 is 1.85. The summed E-state index contributed by atoms with van der Waals surface area (Å²) in [5.41, 5.74) is 3.00. The predicted molar refractivity (Wildman–Crippen MR) is 118 cm³/mol. The van der Waals surface area contributed by atoms with Gasteiger partial charge in [0.05, 0.1) is 6.20 Å². The molecule has 3 rings (SSSR count). The Morgan fingerprint density at radius 1 is 1.41 bits per heavy atom. The van der Waals surface area contributed by atoms with Crippen molar-refractivity contribution in [2.24, 2.45) is 12.0 Å². The van der Waals surface area contributed by atoms with Gasteiger partial charge in [0.2, 0.25) is 0 Å². The van der Waals surface area contributed by atoms with E-state index in [9.17, 15) is 4.79 Å². The molecule has 0 saturated carbocycles. The highest BCUT2D eigenvalue weighted by Gasteiger charge is 2.26. The Morgan fingerprint density at radius 3 is 2.89 bits per heavy atom. The van der Waals surface area contributed by atoms with Crippen LogP contribution in [0, 0.1) is 0 Å². The molecule has 27 heavy (non-hydrogen) atoms. The maximum atomic E-state index is 11.8. The van der Waals surface area contributed by atoms with E-state index >= 15 is 0 Å². The first-order valence-electron chi connectivity index (χ1n) is 8.86. The van der Waals surface area contributed by atoms with E-state index in [4.69, 9.17) is 0 Å². The summed E-state index contributed by atoms with van der Waals surface area (Å²) in [6.45, 7) is 2.53. The number of nitrogens with one attached hydrogen (secondary N) is 2. The van der Waals surface area contributed by atoms with E-state index in [1.165, 1.54) is 5.56 Å². The number of aryl methyl sites for hydroxylation is 1. The van der Waals surface area contributed by atoms with E-state index in [2.05, 4.69) is 31.8 Å². The number of carbonyl (C=O) groups is 1. The van der Waals surface area contributed by atoms with E-state index in [-0.39, 0.29) is 29.9 Å². The summed E-state index contributed by atoms with van der Waals surface area (Å²) >= 11 is 0. The van der Waals surface area contributed by atoms with Crippen LogP contribution in [0.4, 0.5) is 0 Å². The zero-order chi connectivity index (χ0) is 18.5. The van der Waals surface area contributed by atoms with Gasteiger partial charge in [-0.1, -0.05) is 12.1 Å². The number of aliphatic imine (C=N–C) groups is 1. The van der Waals surface area contributed by atoms with Gasteiger partial charge in [-0.2, -0.15) is 5.10 Å². The quantitative estimate of drug-likeness (QED) is 0.397. The average molecular weight is 482 g/mol. The molecule has 2 aromatic rings. The van der Waals surface area contributed by atoms with Crippen molar-refractivity contribution in [1.29, 1.82) is 0 Å². The fourth-order valence-corrected chi connectivity index (χ4v) is 3.36. The van der Waals surface area contributed by atoms with E-state index in [0.717, 1.165) is 31.0 Å². The largest absolute Gasteiger partial charge is 0.355 e. The van der Waals surface area contributed by atoms with Crippen molar-refractivity contribution in [3.63, 3.8) is 0 Å². The third-order valence-corrected chi connectivity index (χ3v) is 4.76. The lowest BCUT2D eigenvalue weighted by Crippen LogP contribution is -2.39. The normalized spacial score (nSPS) is 16.8. The highest BCUT2D eigenvalue weighted by atomic mass is 127. The van der Waals surface area contributed by atoms with Crippen LogP contribution in [0.2, 0.25) is 0 Å². The number of aromatic nitrogens is 2. The third-order valence-electron chi connectivity index (χ3n) is 4.76. The van der Waals surface area contributed by atoms with Crippen LogP contribution in [0.5, 0.6) is 0 Å². The smallest absolute Gasteiger partial charge is 0.251 e. The van der Waals surface area contributed by atoms with Crippen molar-refractivity contribution in [2.75, 3.05) is 27.2 Å². The number of benzene rings is 1. The first-order valence-corrected chi connectivity index (χ1v) is 8.86. The Morgan fingerprint density at radius 2 is 2.22 bits per heavy atom. The Kier molecular flexibility index (Phi) is 7.64. The number of guanidine groups is 1. The van der Waals surface area contributed by atoms with Crippen LogP contribution in [0.1, 0.15) is 33.8 Å². The molecule has 1 saturated heterocycles. The van der Waals surface area contributed by atoms with Crippen LogP contribution >= 0.6 is 24.0 Å². The molecule has 0 bridgehead atoms. The van der Waals surface area contributed by atoms with Crippen molar-refractivity contribution in [1.82, 2.24) is 25.3 Å². The van der Waals surface area contributed by atoms with Gasteiger partial charge in [0.15, 0.2) is 5.96 Å². The van der Waals surface area contributed by atoms with E-state index in [1.54, 1.807) is 14.1 Å². The fraction of sp³-hybridized carbons (Fsp3) is 0.421. The summed E-state index contributed by atoms with van der Waals surface area (Å²) in [5, 5.41) is 10.3. The molecule has 2 N–H and O–H groups in total. The lowest BCUT2D eigenvalue weighted by molar-refractivity contribution is 0.0963. The summed E-state index contributed by atoms with van der Waals surface area (Å²) in [4.78, 5) is 18.5. The minimum atomic E-state index is -0.0740. The van der Waals surface area contributed by atoms with Gasteiger partial charge in [0.25, 0.3) is 5.91 Å². The summed E-state index contributed by atoms with van der Waals surface area (Å²) in [6, 6.07) is 7.63. The molecule has 0 radical (unpaired) electrons. The van der Waals surface area contributed by atoms with Crippen molar-refractivity contribution in [2.45, 2.75) is 18.9 Å². The highest BCUT2D eigenvalue weighted by Crippen LogP contribution is 2.26. The number of hydrogen-bond acceptors (Lipinski definition) is 3. The van der Waals surface area contributed by atoms with Crippen LogP contribution in [-0.4, -0.2) is 53.7 Å². The topological polar surface area (TPSA) is 74.6 Å². The minimum Gasteiger partial charge on any atom is -0.355 e. The first-order chi connectivity index (χ1) is 12.6. The molecule has 1 fully saturated rings. The van der Waals surface area contributed by atoms with E-state index < -0.39 is 0 Å². The summed E-state index contributed by atoms with van der Waals surface area (Å²) in [6.07, 6.45) is 5.14. The standard InChI is InChI=1S/C19H26N6O.HI/c1-20-18(26)15-6-4-5-14(9-15)10-22-19(21-2)25-8-7-16(13-25)17-11-23-24(3)12-17;/h4-6,9,11-12,16H,7-8,10,13H2,1-3H3,(H,20,26)(H,21,22);1H. The van der Waals surface area contributed by atoms with Gasteiger partial charge in [-0.05, 0) is 29.7 Å². The van der Waals surface area contributed by atoms with Crippen molar-refractivity contribution < 1.29 is 4.79 Å². The molecule has 1 amide bonds. The third kappa shape index (κ3) is 5.21. The maximum absolute atomic E-state index is 11.8. The number of nitrogens with zero attached hydrogens (tertiary/aromatic N) is 4. The van der Waals surface area contributed by atoms with Gasteiger partial charge in [-0.25, -0.2) is 0 Å². The van der Waals surface area contributed by atoms with Gasteiger partial charge in [0, 0.05) is 58.5 Å². The zero-order valence-corrected chi connectivity index (χ0v) is 18.3. The minimum absolute atomic E-state index is 0. The summed E-state index contributed by atoms with van der Waals surface area (Å²) in [7, 11) is 5.39. The Labute approximate surface area is 177 Å². The van der Waals surface area contributed by atoms with Gasteiger partial charge in [-0.3, -0.25) is 14.5 Å². The molecule has 0 aliphatic carbocycles. The second kappa shape index (κ2) is 9.72. The van der Waals surface area contributed by atoms with Gasteiger partial charge in [0.1, 0.15) is 0 Å². The summed E-state index contributed by atoms with van der Waals surface area (Å²) in [5.74, 6) is 1.30. The first kappa shape index (κ1) is 21.2. The molecule has 1 atom stereocenters. The molecule has 1 aromatic heterocycles. The van der Waals surface area contributed by atoms with Crippen LogP contribution in [0.25, 0.3) is 0 Å². The SMILES string of the molecule is CN=C(NCc1cccc(C(=O)NC)c1)N1CCC(c2cnn(C)c2)C1.I. The molecule has 1 aliphatic rings. The molecular formula is C19H27IN6O. The van der Waals surface area contributed by atoms with Gasteiger partial charge < -0.3 is 15.5 Å². The number of likely N-dealkylation sites (tertiary alicyclic amines) is 1. The molecule has 2 heterocycles. The van der Waals surface area contributed by atoms with Gasteiger partial charge in [-0.15, -0.1) is 24.0 Å². The molecule has 146 valence electrons. The monoisotopic (exact) mass is 482 g/mol.